The monoisotopic (exact) mass is 310 g/mol. The Balaban J connectivity index is 1.63. The van der Waals surface area contributed by atoms with E-state index in [0.29, 0.717) is 13.1 Å². The van der Waals surface area contributed by atoms with Gasteiger partial charge >= 0.3 is 5.97 Å². The van der Waals surface area contributed by atoms with Crippen molar-refractivity contribution in [3.63, 3.8) is 0 Å². The van der Waals surface area contributed by atoms with Crippen molar-refractivity contribution in [3.8, 4) is 0 Å². The summed E-state index contributed by atoms with van der Waals surface area (Å²) in [5.74, 6) is -0.757. The third-order valence-electron chi connectivity index (χ3n) is 3.95. The molecule has 0 bridgehead atoms. The molecule has 0 N–H and O–H groups in total. The number of carbonyl (C=O) groups excluding carboxylic acids is 2. The molecule has 1 aliphatic heterocycles. The third-order valence-corrected chi connectivity index (χ3v) is 3.95. The standard InChI is InChI=1S/C18H18N2O3/c1-13(23-18(22)16-8-4-5-10-19-16)17(21)20-11-9-14-6-2-3-7-15(14)12-20/h2-8,10,13H,9,11-12H2,1H3/t13-/m0/s1. The fraction of sp³-hybridized carbons (Fsp3) is 0.278. The second kappa shape index (κ2) is 6.60. The average Bonchev–Trinajstić information content (AvgIpc) is 2.61. The summed E-state index contributed by atoms with van der Waals surface area (Å²) in [5.41, 5.74) is 2.63. The van der Waals surface area contributed by atoms with Gasteiger partial charge in [-0.2, -0.15) is 0 Å². The lowest BCUT2D eigenvalue weighted by atomic mass is 9.99. The molecule has 3 rings (SSSR count). The normalized spacial score (nSPS) is 14.7. The van der Waals surface area contributed by atoms with Crippen molar-refractivity contribution in [3.05, 3.63) is 65.5 Å². The van der Waals surface area contributed by atoms with Gasteiger partial charge in [0.1, 0.15) is 5.69 Å². The van der Waals surface area contributed by atoms with Crippen molar-refractivity contribution >= 4 is 11.9 Å². The SMILES string of the molecule is C[C@H](OC(=O)c1ccccn1)C(=O)N1CCc2ccccc2C1. The minimum absolute atomic E-state index is 0.177. The van der Waals surface area contributed by atoms with E-state index in [1.807, 2.05) is 18.2 Å². The first-order chi connectivity index (χ1) is 11.1. The summed E-state index contributed by atoms with van der Waals surface area (Å²) >= 11 is 0. The molecule has 1 aliphatic rings. The van der Waals surface area contributed by atoms with Gasteiger partial charge in [-0.3, -0.25) is 4.79 Å². The van der Waals surface area contributed by atoms with E-state index in [-0.39, 0.29) is 11.6 Å². The van der Waals surface area contributed by atoms with Gasteiger partial charge in [0.25, 0.3) is 5.91 Å². The van der Waals surface area contributed by atoms with E-state index in [2.05, 4.69) is 11.1 Å². The highest BCUT2D eigenvalue weighted by Gasteiger charge is 2.27. The molecular formula is C18H18N2O3. The van der Waals surface area contributed by atoms with Crippen LogP contribution in [0.3, 0.4) is 0 Å². The zero-order valence-electron chi connectivity index (χ0n) is 12.9. The second-order valence-electron chi connectivity index (χ2n) is 5.54. The van der Waals surface area contributed by atoms with Crippen LogP contribution in [-0.4, -0.2) is 34.4 Å². The molecule has 23 heavy (non-hydrogen) atoms. The van der Waals surface area contributed by atoms with Crippen molar-refractivity contribution < 1.29 is 14.3 Å². The number of pyridine rings is 1. The fourth-order valence-corrected chi connectivity index (χ4v) is 2.70. The molecule has 1 amide bonds. The molecule has 5 nitrogen and oxygen atoms in total. The van der Waals surface area contributed by atoms with Crippen LogP contribution in [0, 0.1) is 0 Å². The number of hydrogen-bond acceptors (Lipinski definition) is 4. The molecule has 2 aromatic rings. The second-order valence-corrected chi connectivity index (χ2v) is 5.54. The lowest BCUT2D eigenvalue weighted by molar-refractivity contribution is -0.140. The highest BCUT2D eigenvalue weighted by Crippen LogP contribution is 2.19. The Morgan fingerprint density at radius 1 is 1.13 bits per heavy atom. The van der Waals surface area contributed by atoms with E-state index in [4.69, 9.17) is 4.74 Å². The molecular weight excluding hydrogens is 292 g/mol. The molecule has 5 heteroatoms. The number of hydrogen-bond donors (Lipinski definition) is 0. The van der Waals surface area contributed by atoms with Crippen LogP contribution in [0.2, 0.25) is 0 Å². The van der Waals surface area contributed by atoms with Gasteiger partial charge in [-0.25, -0.2) is 9.78 Å². The first kappa shape index (κ1) is 15.2. The van der Waals surface area contributed by atoms with Crippen LogP contribution in [0.1, 0.15) is 28.5 Å². The summed E-state index contributed by atoms with van der Waals surface area (Å²) in [7, 11) is 0. The summed E-state index contributed by atoms with van der Waals surface area (Å²) in [5, 5.41) is 0. The lowest BCUT2D eigenvalue weighted by Gasteiger charge is -2.30. The number of rotatable bonds is 3. The third kappa shape index (κ3) is 3.39. The molecule has 2 heterocycles. The molecule has 1 atom stereocenters. The number of carbonyl (C=O) groups is 2. The Labute approximate surface area is 134 Å². The molecule has 118 valence electrons. The van der Waals surface area contributed by atoms with E-state index in [1.165, 1.54) is 11.8 Å². The van der Waals surface area contributed by atoms with Crippen LogP contribution >= 0.6 is 0 Å². The Bertz CT molecular complexity index is 715. The van der Waals surface area contributed by atoms with Crippen LogP contribution in [0.5, 0.6) is 0 Å². The summed E-state index contributed by atoms with van der Waals surface area (Å²) in [6, 6.07) is 13.1. The smallest absolute Gasteiger partial charge is 0.357 e. The molecule has 1 aromatic heterocycles. The van der Waals surface area contributed by atoms with Crippen LogP contribution < -0.4 is 0 Å². The van der Waals surface area contributed by atoms with Gasteiger partial charge in [-0.1, -0.05) is 30.3 Å². The van der Waals surface area contributed by atoms with E-state index in [0.717, 1.165) is 12.0 Å². The van der Waals surface area contributed by atoms with Crippen molar-refractivity contribution in [1.29, 1.82) is 0 Å². The van der Waals surface area contributed by atoms with Crippen molar-refractivity contribution in [2.45, 2.75) is 26.0 Å². The Morgan fingerprint density at radius 3 is 2.61 bits per heavy atom. The molecule has 0 aliphatic carbocycles. The number of ether oxygens (including phenoxy) is 1. The van der Waals surface area contributed by atoms with Gasteiger partial charge in [-0.15, -0.1) is 0 Å². The summed E-state index contributed by atoms with van der Waals surface area (Å²) in [6.45, 7) is 2.80. The molecule has 0 radical (unpaired) electrons. The Kier molecular flexibility index (Phi) is 4.37. The minimum atomic E-state index is -0.824. The Morgan fingerprint density at radius 2 is 1.87 bits per heavy atom. The Hall–Kier alpha value is -2.69. The number of nitrogens with zero attached hydrogens (tertiary/aromatic N) is 2. The molecule has 0 fully saturated rings. The van der Waals surface area contributed by atoms with Gasteiger partial charge in [0, 0.05) is 19.3 Å². The van der Waals surface area contributed by atoms with Gasteiger partial charge in [-0.05, 0) is 36.6 Å². The van der Waals surface area contributed by atoms with Crippen molar-refractivity contribution in [2.24, 2.45) is 0 Å². The number of benzene rings is 1. The number of esters is 1. The van der Waals surface area contributed by atoms with E-state index in [1.54, 1.807) is 30.0 Å². The van der Waals surface area contributed by atoms with Gasteiger partial charge in [0.2, 0.25) is 0 Å². The highest BCUT2D eigenvalue weighted by atomic mass is 16.5. The van der Waals surface area contributed by atoms with E-state index in [9.17, 15) is 9.59 Å². The maximum atomic E-state index is 12.5. The van der Waals surface area contributed by atoms with Crippen molar-refractivity contribution in [1.82, 2.24) is 9.88 Å². The predicted molar refractivity (Wildman–Crippen MR) is 84.7 cm³/mol. The fourth-order valence-electron chi connectivity index (χ4n) is 2.70. The minimum Gasteiger partial charge on any atom is -0.448 e. The molecule has 0 saturated heterocycles. The summed E-state index contributed by atoms with van der Waals surface area (Å²) < 4.78 is 5.25. The summed E-state index contributed by atoms with van der Waals surface area (Å²) in [6.07, 6.45) is 1.52. The average molecular weight is 310 g/mol. The molecule has 0 unspecified atom stereocenters. The van der Waals surface area contributed by atoms with Crippen LogP contribution in [0.25, 0.3) is 0 Å². The number of amides is 1. The first-order valence-electron chi connectivity index (χ1n) is 7.63. The number of fused-ring (bicyclic) bond motifs is 1. The van der Waals surface area contributed by atoms with E-state index < -0.39 is 12.1 Å². The predicted octanol–water partition coefficient (Wildman–Crippen LogP) is 2.21. The van der Waals surface area contributed by atoms with Gasteiger partial charge in [0.05, 0.1) is 0 Å². The molecule has 1 aromatic carbocycles. The first-order valence-corrected chi connectivity index (χ1v) is 7.63. The van der Waals surface area contributed by atoms with Crippen LogP contribution in [0.4, 0.5) is 0 Å². The highest BCUT2D eigenvalue weighted by molar-refractivity contribution is 5.90. The maximum absolute atomic E-state index is 12.5. The van der Waals surface area contributed by atoms with Crippen LogP contribution in [0.15, 0.2) is 48.7 Å². The van der Waals surface area contributed by atoms with Crippen molar-refractivity contribution in [2.75, 3.05) is 6.54 Å². The quantitative estimate of drug-likeness (QED) is 0.816. The molecule has 0 spiro atoms. The molecule has 0 saturated carbocycles. The van der Waals surface area contributed by atoms with Crippen LogP contribution in [-0.2, 0) is 22.5 Å². The zero-order valence-corrected chi connectivity index (χ0v) is 12.9. The number of aromatic nitrogens is 1. The topological polar surface area (TPSA) is 59.5 Å². The summed E-state index contributed by atoms with van der Waals surface area (Å²) in [4.78, 5) is 30.2. The van der Waals surface area contributed by atoms with E-state index >= 15 is 0 Å². The van der Waals surface area contributed by atoms with Gasteiger partial charge < -0.3 is 9.64 Å². The largest absolute Gasteiger partial charge is 0.448 e. The zero-order chi connectivity index (χ0) is 16.2. The van der Waals surface area contributed by atoms with Gasteiger partial charge in [0.15, 0.2) is 6.10 Å². The lowest BCUT2D eigenvalue weighted by Crippen LogP contribution is -2.42. The maximum Gasteiger partial charge on any atom is 0.357 e.